The molecule has 1 rings (SSSR count). The van der Waals surface area contributed by atoms with Crippen LogP contribution in [0.5, 0.6) is 0 Å². The van der Waals surface area contributed by atoms with Crippen molar-refractivity contribution in [2.75, 3.05) is 85.2 Å². The number of aliphatic carboxylic acids is 3. The van der Waals surface area contributed by atoms with Crippen molar-refractivity contribution >= 4 is 17.9 Å². The van der Waals surface area contributed by atoms with Gasteiger partial charge in [-0.2, -0.15) is 0 Å². The van der Waals surface area contributed by atoms with E-state index in [9.17, 15) is 39.9 Å². The lowest BCUT2D eigenvalue weighted by molar-refractivity contribution is -0.140. The number of aliphatic hydroxyl groups is 3. The van der Waals surface area contributed by atoms with Gasteiger partial charge >= 0.3 is 17.9 Å². The minimum Gasteiger partial charge on any atom is -0.480 e. The van der Waals surface area contributed by atoms with Crippen molar-refractivity contribution in [3.63, 3.8) is 0 Å². The number of carbonyl (C=O) groups is 3. The van der Waals surface area contributed by atoms with Gasteiger partial charge in [-0.05, 0) is 0 Å². The monoisotopic (exact) mass is 450 g/mol. The van der Waals surface area contributed by atoms with Gasteiger partial charge in [0.25, 0.3) is 0 Å². The first kappa shape index (κ1) is 27.2. The van der Waals surface area contributed by atoms with Crippen molar-refractivity contribution in [1.82, 2.24) is 19.6 Å². The van der Waals surface area contributed by atoms with E-state index in [4.69, 9.17) is 5.11 Å². The molecule has 0 aliphatic carbocycles. The Morgan fingerprint density at radius 1 is 0.613 bits per heavy atom. The molecule has 31 heavy (non-hydrogen) atoms. The Morgan fingerprint density at radius 2 is 0.935 bits per heavy atom. The van der Waals surface area contributed by atoms with Crippen LogP contribution in [-0.2, 0) is 14.4 Å². The molecule has 1 aliphatic rings. The number of hydrogen-bond donors (Lipinski definition) is 6. The van der Waals surface area contributed by atoms with Crippen LogP contribution in [0.1, 0.15) is 0 Å². The number of hydrogen-bond acceptors (Lipinski definition) is 10. The van der Waals surface area contributed by atoms with Gasteiger partial charge in [0, 0.05) is 52.4 Å². The van der Waals surface area contributed by atoms with E-state index < -0.39 is 43.3 Å². The van der Waals surface area contributed by atoms with Gasteiger partial charge in [0.05, 0.1) is 45.0 Å². The maximum absolute atomic E-state index is 11.2. The highest BCUT2D eigenvalue weighted by atomic mass is 16.4. The Hall–Kier alpha value is -1.87. The lowest BCUT2D eigenvalue weighted by atomic mass is 10.1. The van der Waals surface area contributed by atoms with Crippen LogP contribution >= 0.6 is 0 Å². The molecule has 1 saturated heterocycles. The summed E-state index contributed by atoms with van der Waals surface area (Å²) in [7, 11) is 0. The average Bonchev–Trinajstić information content (AvgIpc) is 2.68. The summed E-state index contributed by atoms with van der Waals surface area (Å²) in [5.74, 6) is -3.10. The van der Waals surface area contributed by atoms with Crippen molar-refractivity contribution in [2.45, 2.75) is 12.1 Å². The van der Waals surface area contributed by atoms with Crippen LogP contribution in [0.4, 0.5) is 0 Å². The predicted molar refractivity (Wildman–Crippen MR) is 108 cm³/mol. The van der Waals surface area contributed by atoms with Crippen LogP contribution in [0.15, 0.2) is 0 Å². The fourth-order valence-corrected chi connectivity index (χ4v) is 3.53. The molecule has 0 bridgehead atoms. The fraction of sp³-hybridized carbons (Fsp3) is 0.833. The molecular formula is C18H34N4O9. The molecule has 13 heteroatoms. The molecule has 0 aromatic carbocycles. The smallest absolute Gasteiger partial charge is 0.317 e. The van der Waals surface area contributed by atoms with Gasteiger partial charge in [0.15, 0.2) is 0 Å². The molecule has 6 N–H and O–H groups in total. The maximum Gasteiger partial charge on any atom is 0.317 e. The van der Waals surface area contributed by atoms with Gasteiger partial charge in [0.1, 0.15) is 0 Å². The Bertz CT molecular complexity index is 548. The fourth-order valence-electron chi connectivity index (χ4n) is 3.53. The van der Waals surface area contributed by atoms with Gasteiger partial charge in [-0.25, -0.2) is 0 Å². The normalized spacial score (nSPS) is 21.0. The van der Waals surface area contributed by atoms with Crippen molar-refractivity contribution in [3.8, 4) is 0 Å². The Morgan fingerprint density at radius 3 is 1.19 bits per heavy atom. The zero-order valence-corrected chi connectivity index (χ0v) is 17.5. The van der Waals surface area contributed by atoms with Gasteiger partial charge < -0.3 is 30.6 Å². The number of nitrogens with zero attached hydrogens (tertiary/aromatic N) is 4. The van der Waals surface area contributed by atoms with Crippen LogP contribution in [-0.4, -0.2) is 165 Å². The molecule has 13 nitrogen and oxygen atoms in total. The van der Waals surface area contributed by atoms with Crippen molar-refractivity contribution < 1.29 is 45.0 Å². The molecule has 0 aromatic rings. The summed E-state index contributed by atoms with van der Waals surface area (Å²) in [5.41, 5.74) is 0. The predicted octanol–water partition coefficient (Wildman–Crippen LogP) is -3.82. The second-order valence-corrected chi connectivity index (χ2v) is 7.55. The molecule has 0 radical (unpaired) electrons. The van der Waals surface area contributed by atoms with Crippen molar-refractivity contribution in [2.24, 2.45) is 0 Å². The first-order valence-corrected chi connectivity index (χ1v) is 10.1. The van der Waals surface area contributed by atoms with Gasteiger partial charge in [-0.3, -0.25) is 34.0 Å². The summed E-state index contributed by atoms with van der Waals surface area (Å²) in [6.07, 6.45) is -1.22. The second-order valence-electron chi connectivity index (χ2n) is 7.55. The lowest BCUT2D eigenvalue weighted by Gasteiger charge is -2.37. The Labute approximate surface area is 180 Å². The van der Waals surface area contributed by atoms with Crippen LogP contribution in [0, 0.1) is 0 Å². The summed E-state index contributed by atoms with van der Waals surface area (Å²) >= 11 is 0. The van der Waals surface area contributed by atoms with E-state index in [1.165, 1.54) is 0 Å². The molecule has 0 aromatic heterocycles. The van der Waals surface area contributed by atoms with E-state index in [0.717, 1.165) is 0 Å². The number of carboxylic acids is 3. The average molecular weight is 450 g/mol. The summed E-state index contributed by atoms with van der Waals surface area (Å²) in [5, 5.41) is 56.6. The standard InChI is InChI=1S/C18H34N4O9/c23-12-14(15(25)13-24)22-7-5-20(10-17(28)29)3-1-19(9-16(26)27)2-4-21(6-8-22)11-18(30)31/h14-15,23-25H,1-13H2,(H,26,27)(H,28,29)(H,30,31)/t14-,15?/m1/s1. The largest absolute Gasteiger partial charge is 0.480 e. The number of aliphatic hydroxyl groups excluding tert-OH is 3. The van der Waals surface area contributed by atoms with E-state index >= 15 is 0 Å². The van der Waals surface area contributed by atoms with Gasteiger partial charge in [0.2, 0.25) is 0 Å². The highest BCUT2D eigenvalue weighted by Gasteiger charge is 2.27. The van der Waals surface area contributed by atoms with E-state index in [1.807, 2.05) is 0 Å². The number of rotatable bonds is 10. The zero-order valence-electron chi connectivity index (χ0n) is 17.5. The van der Waals surface area contributed by atoms with Gasteiger partial charge in [-0.15, -0.1) is 0 Å². The maximum atomic E-state index is 11.2. The van der Waals surface area contributed by atoms with Crippen LogP contribution < -0.4 is 0 Å². The Kier molecular flexibility index (Phi) is 12.5. The molecule has 0 amide bonds. The third kappa shape index (κ3) is 10.8. The third-order valence-corrected chi connectivity index (χ3v) is 5.24. The highest BCUT2D eigenvalue weighted by Crippen LogP contribution is 2.08. The Balaban J connectivity index is 3.05. The molecule has 0 spiro atoms. The summed E-state index contributed by atoms with van der Waals surface area (Å²) in [6, 6.07) is -0.796. The minimum absolute atomic E-state index is 0.247. The van der Waals surface area contributed by atoms with Gasteiger partial charge in [-0.1, -0.05) is 0 Å². The summed E-state index contributed by atoms with van der Waals surface area (Å²) in [4.78, 5) is 40.3. The quantitative estimate of drug-likeness (QED) is 0.190. The molecule has 180 valence electrons. The zero-order chi connectivity index (χ0) is 23.4. The van der Waals surface area contributed by atoms with Crippen LogP contribution in [0.3, 0.4) is 0 Å². The van der Waals surface area contributed by atoms with Crippen molar-refractivity contribution in [1.29, 1.82) is 0 Å². The molecule has 0 saturated carbocycles. The van der Waals surface area contributed by atoms with E-state index in [-0.39, 0.29) is 72.0 Å². The summed E-state index contributed by atoms with van der Waals surface area (Å²) < 4.78 is 0. The SMILES string of the molecule is O=C(O)CN1CCN(CC(=O)O)CCN([C@H](CO)C(O)CO)CCN(CC(=O)O)CC1. The minimum atomic E-state index is -1.22. The molecular weight excluding hydrogens is 416 g/mol. The van der Waals surface area contributed by atoms with Crippen LogP contribution in [0.2, 0.25) is 0 Å². The second kappa shape index (κ2) is 14.2. The lowest BCUT2D eigenvalue weighted by Crippen LogP contribution is -2.54. The molecule has 1 heterocycles. The molecule has 1 fully saturated rings. The van der Waals surface area contributed by atoms with E-state index in [0.29, 0.717) is 0 Å². The molecule has 1 unspecified atom stereocenters. The van der Waals surface area contributed by atoms with Crippen molar-refractivity contribution in [3.05, 3.63) is 0 Å². The van der Waals surface area contributed by atoms with Crippen LogP contribution in [0.25, 0.3) is 0 Å². The van der Waals surface area contributed by atoms with E-state index in [2.05, 4.69) is 0 Å². The first-order chi connectivity index (χ1) is 14.7. The highest BCUT2D eigenvalue weighted by molar-refractivity contribution is 5.69. The topological polar surface area (TPSA) is 186 Å². The first-order valence-electron chi connectivity index (χ1n) is 10.1. The molecule has 1 aliphatic heterocycles. The number of carboxylic acid groups (broad SMARTS) is 3. The molecule has 2 atom stereocenters. The summed E-state index contributed by atoms with van der Waals surface area (Å²) in [6.45, 7) is 0.396. The van der Waals surface area contributed by atoms with E-state index in [1.54, 1.807) is 19.6 Å². The third-order valence-electron chi connectivity index (χ3n) is 5.24.